The van der Waals surface area contributed by atoms with E-state index in [9.17, 15) is 0 Å². The summed E-state index contributed by atoms with van der Waals surface area (Å²) in [5.41, 5.74) is 5.10. The fourth-order valence-electron chi connectivity index (χ4n) is 1.98. The third-order valence-electron chi connectivity index (χ3n) is 2.90. The van der Waals surface area contributed by atoms with E-state index in [2.05, 4.69) is 10.5 Å². The van der Waals surface area contributed by atoms with Crippen molar-refractivity contribution >= 4 is 11.6 Å². The largest absolute Gasteiger partial charge is 0.276 e. The van der Waals surface area contributed by atoms with Crippen molar-refractivity contribution in [3.63, 3.8) is 0 Å². The highest BCUT2D eigenvalue weighted by Gasteiger charge is 2.11. The lowest BCUT2D eigenvalue weighted by Gasteiger charge is -2.15. The number of benzene rings is 1. The molecule has 1 unspecified atom stereocenters. The van der Waals surface area contributed by atoms with Crippen molar-refractivity contribution in [3.05, 3.63) is 52.8 Å². The molecule has 1 atom stereocenters. The van der Waals surface area contributed by atoms with E-state index in [-0.39, 0.29) is 6.04 Å². The molecule has 0 aliphatic carbocycles. The molecule has 5 heteroatoms. The van der Waals surface area contributed by atoms with Gasteiger partial charge >= 0.3 is 0 Å². The second-order valence-corrected chi connectivity index (χ2v) is 4.79. The summed E-state index contributed by atoms with van der Waals surface area (Å²) in [5.74, 6) is 5.61. The standard InChI is InChI=1S/C13H17ClN4/c1-18-9-10(8-16-18)6-12(17-15)7-11-4-2-3-5-13(11)14/h2-5,8-9,12,17H,6-7,15H2,1H3. The molecule has 0 bridgehead atoms. The average Bonchev–Trinajstić information content (AvgIpc) is 2.76. The molecule has 2 aromatic rings. The Labute approximate surface area is 112 Å². The zero-order chi connectivity index (χ0) is 13.0. The molecule has 0 fully saturated rings. The summed E-state index contributed by atoms with van der Waals surface area (Å²) in [5, 5.41) is 4.93. The summed E-state index contributed by atoms with van der Waals surface area (Å²) in [4.78, 5) is 0. The summed E-state index contributed by atoms with van der Waals surface area (Å²) in [6, 6.07) is 7.98. The van der Waals surface area contributed by atoms with E-state index in [1.54, 1.807) is 4.68 Å². The highest BCUT2D eigenvalue weighted by Crippen LogP contribution is 2.17. The van der Waals surface area contributed by atoms with Crippen molar-refractivity contribution in [2.75, 3.05) is 0 Å². The van der Waals surface area contributed by atoms with Crippen LogP contribution in [0.15, 0.2) is 36.7 Å². The first-order valence-corrected chi connectivity index (χ1v) is 6.24. The van der Waals surface area contributed by atoms with E-state index >= 15 is 0 Å². The van der Waals surface area contributed by atoms with Crippen LogP contribution >= 0.6 is 11.6 Å². The summed E-state index contributed by atoms with van der Waals surface area (Å²) in [6.07, 6.45) is 5.48. The fraction of sp³-hybridized carbons (Fsp3) is 0.308. The Balaban J connectivity index is 2.04. The predicted molar refractivity (Wildman–Crippen MR) is 73.2 cm³/mol. The van der Waals surface area contributed by atoms with Gasteiger partial charge in [0.1, 0.15) is 0 Å². The van der Waals surface area contributed by atoms with Crippen LogP contribution in [0.25, 0.3) is 0 Å². The van der Waals surface area contributed by atoms with Crippen molar-refractivity contribution in [1.29, 1.82) is 0 Å². The molecule has 3 N–H and O–H groups in total. The van der Waals surface area contributed by atoms with Crippen molar-refractivity contribution in [2.45, 2.75) is 18.9 Å². The lowest BCUT2D eigenvalue weighted by molar-refractivity contribution is 0.522. The number of hydrogen-bond donors (Lipinski definition) is 2. The van der Waals surface area contributed by atoms with E-state index < -0.39 is 0 Å². The molecule has 0 spiro atoms. The van der Waals surface area contributed by atoms with Gasteiger partial charge in [-0.25, -0.2) is 0 Å². The summed E-state index contributed by atoms with van der Waals surface area (Å²) in [6.45, 7) is 0. The summed E-state index contributed by atoms with van der Waals surface area (Å²) in [7, 11) is 1.91. The smallest absolute Gasteiger partial charge is 0.0522 e. The number of aromatic nitrogens is 2. The number of hydrogen-bond acceptors (Lipinski definition) is 3. The lowest BCUT2D eigenvalue weighted by atomic mass is 10.0. The number of rotatable bonds is 5. The van der Waals surface area contributed by atoms with Gasteiger partial charge in [0, 0.05) is 24.3 Å². The first-order valence-electron chi connectivity index (χ1n) is 5.86. The van der Waals surface area contributed by atoms with Crippen molar-refractivity contribution in [1.82, 2.24) is 15.2 Å². The molecule has 1 aromatic heterocycles. The highest BCUT2D eigenvalue weighted by atomic mass is 35.5. The van der Waals surface area contributed by atoms with Crippen LogP contribution in [0.2, 0.25) is 5.02 Å². The predicted octanol–water partition coefficient (Wildman–Crippen LogP) is 1.69. The first-order chi connectivity index (χ1) is 8.69. The van der Waals surface area contributed by atoms with E-state index in [1.165, 1.54) is 0 Å². The number of hydrazine groups is 1. The number of nitrogens with zero attached hydrogens (tertiary/aromatic N) is 2. The molecule has 0 saturated heterocycles. The van der Waals surface area contributed by atoms with E-state index in [0.717, 1.165) is 29.0 Å². The van der Waals surface area contributed by atoms with Crippen LogP contribution in [-0.4, -0.2) is 15.8 Å². The van der Waals surface area contributed by atoms with Gasteiger partial charge in [-0.1, -0.05) is 29.8 Å². The van der Waals surface area contributed by atoms with Crippen LogP contribution in [0.5, 0.6) is 0 Å². The van der Waals surface area contributed by atoms with Gasteiger partial charge in [0.25, 0.3) is 0 Å². The maximum Gasteiger partial charge on any atom is 0.0522 e. The average molecular weight is 265 g/mol. The van der Waals surface area contributed by atoms with Gasteiger partial charge in [0.15, 0.2) is 0 Å². The fourth-order valence-corrected chi connectivity index (χ4v) is 2.19. The third-order valence-corrected chi connectivity index (χ3v) is 3.27. The SMILES string of the molecule is Cn1cc(CC(Cc2ccccc2Cl)NN)cn1. The van der Waals surface area contributed by atoms with Crippen molar-refractivity contribution in [3.8, 4) is 0 Å². The lowest BCUT2D eigenvalue weighted by Crippen LogP contribution is -2.38. The Hall–Kier alpha value is -1.36. The number of nitrogens with two attached hydrogens (primary N) is 1. The maximum absolute atomic E-state index is 6.15. The Morgan fingerprint density at radius 1 is 1.39 bits per heavy atom. The molecule has 2 rings (SSSR count). The van der Waals surface area contributed by atoms with E-state index in [0.29, 0.717) is 0 Å². The van der Waals surface area contributed by atoms with Gasteiger partial charge in [-0.15, -0.1) is 0 Å². The Morgan fingerprint density at radius 3 is 2.78 bits per heavy atom. The Morgan fingerprint density at radius 2 is 2.17 bits per heavy atom. The zero-order valence-electron chi connectivity index (χ0n) is 10.3. The summed E-state index contributed by atoms with van der Waals surface area (Å²) >= 11 is 6.15. The first kappa shape index (κ1) is 13.1. The molecule has 0 aliphatic rings. The highest BCUT2D eigenvalue weighted by molar-refractivity contribution is 6.31. The molecule has 0 saturated carbocycles. The van der Waals surface area contributed by atoms with Gasteiger partial charge < -0.3 is 0 Å². The quantitative estimate of drug-likeness (QED) is 0.638. The van der Waals surface area contributed by atoms with Gasteiger partial charge in [-0.05, 0) is 30.0 Å². The molecule has 1 heterocycles. The molecular weight excluding hydrogens is 248 g/mol. The van der Waals surface area contributed by atoms with Gasteiger partial charge in [0.2, 0.25) is 0 Å². The normalized spacial score (nSPS) is 12.6. The monoisotopic (exact) mass is 264 g/mol. The third kappa shape index (κ3) is 3.32. The van der Waals surface area contributed by atoms with Crippen LogP contribution in [-0.2, 0) is 19.9 Å². The Bertz CT molecular complexity index is 509. The zero-order valence-corrected chi connectivity index (χ0v) is 11.1. The molecule has 0 amide bonds. The number of halogens is 1. The van der Waals surface area contributed by atoms with Crippen LogP contribution in [0.3, 0.4) is 0 Å². The van der Waals surface area contributed by atoms with Gasteiger partial charge in [0.05, 0.1) is 6.20 Å². The van der Waals surface area contributed by atoms with Gasteiger partial charge in [-0.3, -0.25) is 16.0 Å². The maximum atomic E-state index is 6.15. The van der Waals surface area contributed by atoms with Crippen LogP contribution < -0.4 is 11.3 Å². The van der Waals surface area contributed by atoms with E-state index in [1.807, 2.05) is 43.7 Å². The van der Waals surface area contributed by atoms with Crippen LogP contribution in [0.4, 0.5) is 0 Å². The molecular formula is C13H17ClN4. The number of nitrogens with one attached hydrogen (secondary N) is 1. The number of aryl methyl sites for hydroxylation is 1. The van der Waals surface area contributed by atoms with Crippen molar-refractivity contribution < 1.29 is 0 Å². The van der Waals surface area contributed by atoms with Gasteiger partial charge in [-0.2, -0.15) is 5.10 Å². The minimum Gasteiger partial charge on any atom is -0.276 e. The minimum atomic E-state index is 0.147. The molecule has 0 aliphatic heterocycles. The summed E-state index contributed by atoms with van der Waals surface area (Å²) < 4.78 is 1.79. The molecule has 96 valence electrons. The topological polar surface area (TPSA) is 55.9 Å². The Kier molecular flexibility index (Phi) is 4.36. The van der Waals surface area contributed by atoms with E-state index in [4.69, 9.17) is 17.4 Å². The molecule has 0 radical (unpaired) electrons. The van der Waals surface area contributed by atoms with Crippen molar-refractivity contribution in [2.24, 2.45) is 12.9 Å². The van der Waals surface area contributed by atoms with Crippen LogP contribution in [0.1, 0.15) is 11.1 Å². The molecule has 4 nitrogen and oxygen atoms in total. The second kappa shape index (κ2) is 6.00. The molecule has 1 aromatic carbocycles. The molecule has 18 heavy (non-hydrogen) atoms. The minimum absolute atomic E-state index is 0.147. The van der Waals surface area contributed by atoms with Crippen LogP contribution in [0, 0.1) is 0 Å². The second-order valence-electron chi connectivity index (χ2n) is 4.39.